The number of rotatable bonds is 5. The van der Waals surface area contributed by atoms with Gasteiger partial charge in [-0.2, -0.15) is 5.10 Å². The molecule has 4 heterocycles. The third-order valence-electron chi connectivity index (χ3n) is 4.24. The van der Waals surface area contributed by atoms with Crippen LogP contribution in [0, 0.1) is 13.8 Å². The lowest BCUT2D eigenvalue weighted by molar-refractivity contribution is 0.392. The largest absolute Gasteiger partial charge is 0.361 e. The second-order valence-corrected chi connectivity index (χ2v) is 5.80. The number of hydrogen-bond donors (Lipinski definition) is 0. The van der Waals surface area contributed by atoms with Gasteiger partial charge in [0.05, 0.1) is 17.5 Å². The predicted octanol–water partition coefficient (Wildman–Crippen LogP) is 2.83. The van der Waals surface area contributed by atoms with Crippen molar-refractivity contribution < 1.29 is 4.52 Å². The minimum Gasteiger partial charge on any atom is -0.361 e. The molecule has 0 N–H and O–H groups in total. The van der Waals surface area contributed by atoms with Gasteiger partial charge in [0.2, 0.25) is 0 Å². The van der Waals surface area contributed by atoms with Gasteiger partial charge in [-0.25, -0.2) is 14.5 Å². The lowest BCUT2D eigenvalue weighted by Gasteiger charge is -2.07. The van der Waals surface area contributed by atoms with Crippen molar-refractivity contribution in [3.63, 3.8) is 0 Å². The van der Waals surface area contributed by atoms with Gasteiger partial charge in [0.1, 0.15) is 11.6 Å². The lowest BCUT2D eigenvalue weighted by atomic mass is 10.1. The molecule has 0 atom stereocenters. The lowest BCUT2D eigenvalue weighted by Crippen LogP contribution is -2.02. The van der Waals surface area contributed by atoms with Crippen LogP contribution in [0.5, 0.6) is 0 Å². The minimum atomic E-state index is 0.815. The second kappa shape index (κ2) is 5.92. The number of aryl methyl sites for hydroxylation is 3. The predicted molar refractivity (Wildman–Crippen MR) is 88.5 cm³/mol. The smallest absolute Gasteiger partial charge is 0.165 e. The van der Waals surface area contributed by atoms with Gasteiger partial charge in [0.25, 0.3) is 0 Å². The summed E-state index contributed by atoms with van der Waals surface area (Å²) in [4.78, 5) is 8.91. The van der Waals surface area contributed by atoms with E-state index in [2.05, 4.69) is 24.8 Å². The van der Waals surface area contributed by atoms with E-state index in [4.69, 9.17) is 4.52 Å². The van der Waals surface area contributed by atoms with Crippen molar-refractivity contribution in [2.75, 3.05) is 0 Å². The first-order chi connectivity index (χ1) is 11.7. The Hall–Kier alpha value is -2.96. The van der Waals surface area contributed by atoms with Crippen LogP contribution >= 0.6 is 0 Å². The fourth-order valence-corrected chi connectivity index (χ4v) is 3.00. The van der Waals surface area contributed by atoms with Gasteiger partial charge >= 0.3 is 0 Å². The molecule has 4 aromatic heterocycles. The van der Waals surface area contributed by atoms with Gasteiger partial charge in [0, 0.05) is 36.9 Å². The summed E-state index contributed by atoms with van der Waals surface area (Å²) in [5, 5.41) is 8.35. The molecule has 4 rings (SSSR count). The zero-order chi connectivity index (χ0) is 16.5. The van der Waals surface area contributed by atoms with Crippen LogP contribution in [0.15, 0.2) is 41.6 Å². The molecule has 0 radical (unpaired) electrons. The van der Waals surface area contributed by atoms with E-state index in [1.165, 1.54) is 5.56 Å². The third-order valence-corrected chi connectivity index (χ3v) is 4.24. The fourth-order valence-electron chi connectivity index (χ4n) is 3.00. The molecule has 0 amide bonds. The van der Waals surface area contributed by atoms with Crippen LogP contribution in [-0.4, -0.2) is 29.3 Å². The van der Waals surface area contributed by atoms with Gasteiger partial charge in [-0.05, 0) is 32.8 Å². The van der Waals surface area contributed by atoms with Gasteiger partial charge < -0.3 is 9.09 Å². The highest BCUT2D eigenvalue weighted by Crippen LogP contribution is 2.22. The normalized spacial score (nSPS) is 11.4. The summed E-state index contributed by atoms with van der Waals surface area (Å²) in [6.45, 7) is 4.81. The Labute approximate surface area is 139 Å². The maximum absolute atomic E-state index is 5.23. The van der Waals surface area contributed by atoms with Crippen LogP contribution in [0.1, 0.15) is 23.4 Å². The molecule has 0 saturated heterocycles. The number of nitrogens with zero attached hydrogens (tertiary/aromatic N) is 6. The molecule has 0 fully saturated rings. The molecule has 0 aliphatic heterocycles. The molecule has 24 heavy (non-hydrogen) atoms. The van der Waals surface area contributed by atoms with Crippen molar-refractivity contribution in [3.05, 3.63) is 54.1 Å². The molecule has 0 spiro atoms. The van der Waals surface area contributed by atoms with Gasteiger partial charge in [-0.1, -0.05) is 5.16 Å². The van der Waals surface area contributed by atoms with Crippen molar-refractivity contribution in [2.24, 2.45) is 0 Å². The maximum atomic E-state index is 5.23. The van der Waals surface area contributed by atoms with Crippen molar-refractivity contribution >= 4 is 5.65 Å². The van der Waals surface area contributed by atoms with Crippen LogP contribution in [0.4, 0.5) is 0 Å². The van der Waals surface area contributed by atoms with Crippen LogP contribution in [0.2, 0.25) is 0 Å². The fraction of sp³-hybridized carbons (Fsp3) is 0.294. The Morgan fingerprint density at radius 3 is 2.88 bits per heavy atom. The zero-order valence-electron chi connectivity index (χ0n) is 13.7. The highest BCUT2D eigenvalue weighted by Gasteiger charge is 2.13. The molecule has 0 aliphatic carbocycles. The Morgan fingerprint density at radius 2 is 2.04 bits per heavy atom. The second-order valence-electron chi connectivity index (χ2n) is 5.80. The van der Waals surface area contributed by atoms with E-state index in [1.807, 2.05) is 44.7 Å². The van der Waals surface area contributed by atoms with E-state index >= 15 is 0 Å². The molecule has 7 heteroatoms. The Kier molecular flexibility index (Phi) is 3.60. The summed E-state index contributed by atoms with van der Waals surface area (Å²) in [6.07, 6.45) is 11.2. The SMILES string of the molecule is Cc1noc(C)c1CCCn1ccnc1-c1cnn2cccnc12. The van der Waals surface area contributed by atoms with E-state index in [0.717, 1.165) is 47.9 Å². The summed E-state index contributed by atoms with van der Waals surface area (Å²) in [5.41, 5.74) is 3.94. The minimum absolute atomic E-state index is 0.815. The number of hydrogen-bond acceptors (Lipinski definition) is 5. The molecular formula is C17H18N6O. The first kappa shape index (κ1) is 14.6. The first-order valence-corrected chi connectivity index (χ1v) is 7.95. The van der Waals surface area contributed by atoms with Gasteiger partial charge in [-0.15, -0.1) is 0 Å². The summed E-state index contributed by atoms with van der Waals surface area (Å²) in [7, 11) is 0. The van der Waals surface area contributed by atoms with Gasteiger partial charge in [-0.3, -0.25) is 0 Å². The van der Waals surface area contributed by atoms with E-state index in [0.29, 0.717) is 0 Å². The maximum Gasteiger partial charge on any atom is 0.165 e. The van der Waals surface area contributed by atoms with E-state index in [1.54, 1.807) is 10.7 Å². The monoisotopic (exact) mass is 322 g/mol. The van der Waals surface area contributed by atoms with Crippen molar-refractivity contribution in [1.29, 1.82) is 0 Å². The average Bonchev–Trinajstić information content (AvgIpc) is 3.29. The first-order valence-electron chi connectivity index (χ1n) is 7.95. The molecular weight excluding hydrogens is 304 g/mol. The van der Waals surface area contributed by atoms with Gasteiger partial charge in [0.15, 0.2) is 5.65 Å². The molecule has 0 saturated carbocycles. The van der Waals surface area contributed by atoms with Crippen LogP contribution < -0.4 is 0 Å². The van der Waals surface area contributed by atoms with E-state index < -0.39 is 0 Å². The third kappa shape index (κ3) is 2.47. The molecule has 0 unspecified atom stereocenters. The standard InChI is InChI=1S/C17H18N6O/c1-12-14(13(2)24-21-12)5-3-8-22-10-7-19-16(22)15-11-20-23-9-4-6-18-17(15)23/h4,6-7,9-11H,3,5,8H2,1-2H3. The van der Waals surface area contributed by atoms with Crippen LogP contribution in [0.25, 0.3) is 17.0 Å². The quantitative estimate of drug-likeness (QED) is 0.565. The van der Waals surface area contributed by atoms with Crippen LogP contribution in [0.3, 0.4) is 0 Å². The number of aromatic nitrogens is 6. The Morgan fingerprint density at radius 1 is 1.12 bits per heavy atom. The highest BCUT2D eigenvalue weighted by molar-refractivity contribution is 5.72. The molecule has 0 aromatic carbocycles. The topological polar surface area (TPSA) is 74.0 Å². The summed E-state index contributed by atoms with van der Waals surface area (Å²) in [5.74, 6) is 1.80. The number of imidazole rings is 1. The van der Waals surface area contributed by atoms with Crippen molar-refractivity contribution in [1.82, 2.24) is 29.3 Å². The Bertz CT molecular complexity index is 960. The number of fused-ring (bicyclic) bond motifs is 1. The average molecular weight is 322 g/mol. The Balaban J connectivity index is 1.55. The molecule has 4 aromatic rings. The van der Waals surface area contributed by atoms with E-state index in [-0.39, 0.29) is 0 Å². The molecule has 7 nitrogen and oxygen atoms in total. The zero-order valence-corrected chi connectivity index (χ0v) is 13.7. The van der Waals surface area contributed by atoms with Crippen molar-refractivity contribution in [3.8, 4) is 11.4 Å². The van der Waals surface area contributed by atoms with Crippen molar-refractivity contribution in [2.45, 2.75) is 33.2 Å². The van der Waals surface area contributed by atoms with Crippen LogP contribution in [-0.2, 0) is 13.0 Å². The summed E-state index contributed by atoms with van der Waals surface area (Å²) < 4.78 is 9.13. The van der Waals surface area contributed by atoms with E-state index in [9.17, 15) is 0 Å². The highest BCUT2D eigenvalue weighted by atomic mass is 16.5. The summed E-state index contributed by atoms with van der Waals surface area (Å²) in [6, 6.07) is 1.86. The molecule has 0 aliphatic rings. The summed E-state index contributed by atoms with van der Waals surface area (Å²) >= 11 is 0. The molecule has 122 valence electrons. The molecule has 0 bridgehead atoms.